The van der Waals surface area contributed by atoms with Gasteiger partial charge in [-0.1, -0.05) is 18.5 Å². The average molecular weight is 303 g/mol. The lowest BCUT2D eigenvalue weighted by molar-refractivity contribution is 0.0553. The minimum atomic E-state index is 0.0797. The molecular formula is C14H23ClN2OS. The van der Waals surface area contributed by atoms with E-state index < -0.39 is 0 Å². The Bertz CT molecular complexity index is 391. The van der Waals surface area contributed by atoms with Crippen molar-refractivity contribution in [1.29, 1.82) is 0 Å². The molecule has 3 unspecified atom stereocenters. The second-order valence-corrected chi connectivity index (χ2v) is 6.92. The Kier molecular flexibility index (Phi) is 5.66. The second kappa shape index (κ2) is 7.04. The van der Waals surface area contributed by atoms with Crippen molar-refractivity contribution in [2.24, 2.45) is 5.73 Å². The number of ether oxygens (including phenoxy) is 1. The van der Waals surface area contributed by atoms with Crippen LogP contribution >= 0.6 is 22.9 Å². The van der Waals surface area contributed by atoms with Gasteiger partial charge in [0.1, 0.15) is 0 Å². The Morgan fingerprint density at radius 1 is 1.58 bits per heavy atom. The van der Waals surface area contributed by atoms with Crippen LogP contribution in [0.3, 0.4) is 0 Å². The fourth-order valence-corrected chi connectivity index (χ4v) is 4.06. The van der Waals surface area contributed by atoms with Gasteiger partial charge in [0.2, 0.25) is 0 Å². The Hall–Kier alpha value is -0.130. The van der Waals surface area contributed by atoms with Gasteiger partial charge in [-0.25, -0.2) is 0 Å². The molecule has 0 spiro atoms. The Labute approximate surface area is 124 Å². The number of nitrogens with zero attached hydrogens (tertiary/aromatic N) is 1. The van der Waals surface area contributed by atoms with Crippen molar-refractivity contribution in [3.05, 3.63) is 21.3 Å². The van der Waals surface area contributed by atoms with E-state index in [1.165, 1.54) is 11.3 Å². The third-order valence-electron chi connectivity index (χ3n) is 3.65. The Morgan fingerprint density at radius 3 is 2.84 bits per heavy atom. The van der Waals surface area contributed by atoms with E-state index in [4.69, 9.17) is 22.1 Å². The average Bonchev–Trinajstić information content (AvgIpc) is 3.00. The summed E-state index contributed by atoms with van der Waals surface area (Å²) >= 11 is 7.69. The van der Waals surface area contributed by atoms with Gasteiger partial charge < -0.3 is 10.5 Å². The fraction of sp³-hybridized carbons (Fsp3) is 0.714. The molecule has 0 aliphatic carbocycles. The molecule has 2 rings (SSSR count). The van der Waals surface area contributed by atoms with Crippen molar-refractivity contribution in [2.45, 2.75) is 44.9 Å². The largest absolute Gasteiger partial charge is 0.377 e. The third kappa shape index (κ3) is 3.92. The molecule has 1 aromatic heterocycles. The number of likely N-dealkylation sites (N-methyl/N-ethyl adjacent to an activating group) is 1. The first-order valence-corrected chi connectivity index (χ1v) is 8.17. The van der Waals surface area contributed by atoms with E-state index in [1.54, 1.807) is 11.3 Å². The van der Waals surface area contributed by atoms with Gasteiger partial charge in [-0.05, 0) is 38.4 Å². The van der Waals surface area contributed by atoms with Crippen molar-refractivity contribution in [1.82, 2.24) is 4.90 Å². The number of hydrogen-bond donors (Lipinski definition) is 1. The van der Waals surface area contributed by atoms with Gasteiger partial charge in [-0.15, -0.1) is 11.3 Å². The zero-order chi connectivity index (χ0) is 13.8. The highest BCUT2D eigenvalue weighted by Crippen LogP contribution is 2.32. The lowest BCUT2D eigenvalue weighted by atomic mass is 10.1. The molecule has 3 atom stereocenters. The van der Waals surface area contributed by atoms with E-state index in [1.807, 2.05) is 6.07 Å². The van der Waals surface area contributed by atoms with Crippen molar-refractivity contribution >= 4 is 22.9 Å². The highest BCUT2D eigenvalue weighted by Gasteiger charge is 2.28. The van der Waals surface area contributed by atoms with Gasteiger partial charge >= 0.3 is 0 Å². The molecule has 0 radical (unpaired) electrons. The molecule has 3 nitrogen and oxygen atoms in total. The Balaban J connectivity index is 2.10. The van der Waals surface area contributed by atoms with E-state index in [2.05, 4.69) is 24.8 Å². The summed E-state index contributed by atoms with van der Waals surface area (Å²) in [4.78, 5) is 3.67. The van der Waals surface area contributed by atoms with Crippen LogP contribution in [0.4, 0.5) is 0 Å². The predicted molar refractivity (Wildman–Crippen MR) is 81.9 cm³/mol. The van der Waals surface area contributed by atoms with Crippen molar-refractivity contribution in [3.63, 3.8) is 0 Å². The molecule has 5 heteroatoms. The normalized spacial score (nSPS) is 22.9. The molecule has 1 aromatic rings. The number of rotatable bonds is 6. The molecule has 108 valence electrons. The number of nitrogens with two attached hydrogens (primary N) is 1. The van der Waals surface area contributed by atoms with Crippen molar-refractivity contribution < 1.29 is 4.74 Å². The predicted octanol–water partition coefficient (Wildman–Crippen LogP) is 3.29. The van der Waals surface area contributed by atoms with E-state index in [0.29, 0.717) is 6.10 Å². The zero-order valence-electron chi connectivity index (χ0n) is 11.6. The summed E-state index contributed by atoms with van der Waals surface area (Å²) in [6.45, 7) is 7.08. The highest BCUT2D eigenvalue weighted by atomic mass is 35.5. The third-order valence-corrected chi connectivity index (χ3v) is 4.95. The maximum Gasteiger partial charge on any atom is 0.0931 e. The molecule has 2 N–H and O–H groups in total. The maximum atomic E-state index is 6.21. The molecule has 1 fully saturated rings. The number of halogens is 1. The molecule has 0 saturated carbocycles. The van der Waals surface area contributed by atoms with Crippen LogP contribution in [0.25, 0.3) is 0 Å². The molecule has 0 aromatic carbocycles. The summed E-state index contributed by atoms with van der Waals surface area (Å²) in [6, 6.07) is 4.36. The van der Waals surface area contributed by atoms with Gasteiger partial charge in [0.25, 0.3) is 0 Å². The lowest BCUT2D eigenvalue weighted by Gasteiger charge is -2.34. The number of thiophene rings is 1. The fourth-order valence-electron chi connectivity index (χ4n) is 2.75. The first kappa shape index (κ1) is 15.3. The van der Waals surface area contributed by atoms with Crippen molar-refractivity contribution in [2.75, 3.05) is 19.7 Å². The van der Waals surface area contributed by atoms with Gasteiger partial charge in [0.05, 0.1) is 16.5 Å². The zero-order valence-corrected chi connectivity index (χ0v) is 13.2. The minimum absolute atomic E-state index is 0.0797. The minimum Gasteiger partial charge on any atom is -0.377 e. The van der Waals surface area contributed by atoms with Crippen LogP contribution in [0.5, 0.6) is 0 Å². The monoisotopic (exact) mass is 302 g/mol. The van der Waals surface area contributed by atoms with Gasteiger partial charge in [0.15, 0.2) is 0 Å². The molecule has 19 heavy (non-hydrogen) atoms. The number of hydrogen-bond acceptors (Lipinski definition) is 4. The molecule has 1 aliphatic rings. The molecule has 2 heterocycles. The first-order valence-electron chi connectivity index (χ1n) is 6.98. The SMILES string of the molecule is CCN(CC1CCCO1)C(c1ccc(Cl)s1)C(C)N. The lowest BCUT2D eigenvalue weighted by Crippen LogP contribution is -2.42. The molecule has 1 saturated heterocycles. The molecule has 1 aliphatic heterocycles. The summed E-state index contributed by atoms with van der Waals surface area (Å²) in [7, 11) is 0. The maximum absolute atomic E-state index is 6.21. The van der Waals surface area contributed by atoms with Crippen LogP contribution in [0, 0.1) is 0 Å². The van der Waals surface area contributed by atoms with Crippen LogP contribution in [0.2, 0.25) is 4.34 Å². The molecule has 0 amide bonds. The summed E-state index contributed by atoms with van der Waals surface area (Å²) in [5.41, 5.74) is 6.21. The molecule has 0 bridgehead atoms. The van der Waals surface area contributed by atoms with Gasteiger partial charge in [-0.3, -0.25) is 4.90 Å². The standard InChI is InChI=1S/C14H23ClN2OS/c1-3-17(9-11-5-4-8-18-11)14(10(2)16)12-6-7-13(15)19-12/h6-7,10-11,14H,3-5,8-9,16H2,1-2H3. The Morgan fingerprint density at radius 2 is 2.37 bits per heavy atom. The topological polar surface area (TPSA) is 38.5 Å². The summed E-state index contributed by atoms with van der Waals surface area (Å²) in [5.74, 6) is 0. The van der Waals surface area contributed by atoms with Crippen LogP contribution in [0.1, 0.15) is 37.6 Å². The summed E-state index contributed by atoms with van der Waals surface area (Å²) in [6.07, 6.45) is 2.69. The van der Waals surface area contributed by atoms with Crippen LogP contribution in [-0.2, 0) is 4.74 Å². The molecular weight excluding hydrogens is 280 g/mol. The van der Waals surface area contributed by atoms with E-state index in [-0.39, 0.29) is 12.1 Å². The quantitative estimate of drug-likeness (QED) is 0.876. The van der Waals surface area contributed by atoms with E-state index in [9.17, 15) is 0 Å². The van der Waals surface area contributed by atoms with E-state index >= 15 is 0 Å². The van der Waals surface area contributed by atoms with Crippen LogP contribution < -0.4 is 5.73 Å². The summed E-state index contributed by atoms with van der Waals surface area (Å²) < 4.78 is 6.58. The van der Waals surface area contributed by atoms with Crippen LogP contribution in [-0.4, -0.2) is 36.7 Å². The van der Waals surface area contributed by atoms with Gasteiger partial charge in [0, 0.05) is 24.1 Å². The smallest absolute Gasteiger partial charge is 0.0931 e. The van der Waals surface area contributed by atoms with Crippen molar-refractivity contribution in [3.8, 4) is 0 Å². The van der Waals surface area contributed by atoms with E-state index in [0.717, 1.165) is 30.5 Å². The second-order valence-electron chi connectivity index (χ2n) is 5.17. The highest BCUT2D eigenvalue weighted by molar-refractivity contribution is 7.16. The first-order chi connectivity index (χ1) is 9.11. The van der Waals surface area contributed by atoms with Gasteiger partial charge in [-0.2, -0.15) is 0 Å². The van der Waals surface area contributed by atoms with Crippen LogP contribution in [0.15, 0.2) is 12.1 Å². The summed E-state index contributed by atoms with van der Waals surface area (Å²) in [5, 5.41) is 0.